The van der Waals surface area contributed by atoms with Crippen molar-refractivity contribution in [2.75, 3.05) is 0 Å². The first-order valence-corrected chi connectivity index (χ1v) is 6.56. The third kappa shape index (κ3) is 1.25. The SMILES string of the molecule is C[C@]12C[C@H](c3nnc4c(Cl)nccn34)C[C@H]1C2(F)F. The van der Waals surface area contributed by atoms with Gasteiger partial charge in [0.05, 0.1) is 0 Å². The molecule has 2 aliphatic carbocycles. The Hall–Kier alpha value is -1.30. The largest absolute Gasteiger partial charge is 0.282 e. The van der Waals surface area contributed by atoms with Crippen LogP contribution in [0.5, 0.6) is 0 Å². The number of hydrogen-bond acceptors (Lipinski definition) is 3. The Kier molecular flexibility index (Phi) is 1.96. The van der Waals surface area contributed by atoms with E-state index in [4.69, 9.17) is 11.6 Å². The minimum Gasteiger partial charge on any atom is -0.282 e. The van der Waals surface area contributed by atoms with Gasteiger partial charge in [-0.3, -0.25) is 4.40 Å². The number of alkyl halides is 2. The fraction of sp³-hybridized carbons (Fsp3) is 0.583. The molecule has 3 atom stereocenters. The molecule has 4 rings (SSSR count). The number of nitrogens with zero attached hydrogens (tertiary/aromatic N) is 4. The molecule has 0 amide bonds. The van der Waals surface area contributed by atoms with Crippen LogP contribution in [0.3, 0.4) is 0 Å². The van der Waals surface area contributed by atoms with Gasteiger partial charge in [0.2, 0.25) is 0 Å². The monoisotopic (exact) mass is 284 g/mol. The number of hydrogen-bond donors (Lipinski definition) is 0. The molecular weight excluding hydrogens is 274 g/mol. The Labute approximate surface area is 112 Å². The van der Waals surface area contributed by atoms with Crippen LogP contribution in [0, 0.1) is 11.3 Å². The van der Waals surface area contributed by atoms with Crippen LogP contribution in [0.2, 0.25) is 5.15 Å². The number of aromatic nitrogens is 4. The smallest absolute Gasteiger partial charge is 0.257 e. The maximum atomic E-state index is 13.5. The highest BCUT2D eigenvalue weighted by atomic mass is 35.5. The summed E-state index contributed by atoms with van der Waals surface area (Å²) >= 11 is 5.93. The summed E-state index contributed by atoms with van der Waals surface area (Å²) < 4.78 is 28.8. The average molecular weight is 285 g/mol. The van der Waals surface area contributed by atoms with E-state index in [0.29, 0.717) is 24.3 Å². The lowest BCUT2D eigenvalue weighted by atomic mass is 9.97. The second-order valence-electron chi connectivity index (χ2n) is 5.70. The van der Waals surface area contributed by atoms with Crippen molar-refractivity contribution >= 4 is 17.2 Å². The minimum atomic E-state index is -2.51. The third-order valence-corrected chi connectivity index (χ3v) is 5.02. The Balaban J connectivity index is 1.73. The average Bonchev–Trinajstić information content (AvgIpc) is 2.80. The van der Waals surface area contributed by atoms with Crippen LogP contribution in [-0.4, -0.2) is 25.5 Å². The van der Waals surface area contributed by atoms with Gasteiger partial charge in [0.25, 0.3) is 5.92 Å². The van der Waals surface area contributed by atoms with Gasteiger partial charge in [-0.25, -0.2) is 13.8 Å². The molecule has 0 radical (unpaired) electrons. The van der Waals surface area contributed by atoms with E-state index >= 15 is 0 Å². The molecule has 0 N–H and O–H groups in total. The fourth-order valence-corrected chi connectivity index (χ4v) is 3.71. The lowest BCUT2D eigenvalue weighted by Gasteiger charge is -2.15. The Morgan fingerprint density at radius 3 is 2.89 bits per heavy atom. The topological polar surface area (TPSA) is 43.1 Å². The zero-order chi connectivity index (χ0) is 13.4. The molecule has 7 heteroatoms. The summed E-state index contributed by atoms with van der Waals surface area (Å²) in [6.07, 6.45) is 4.20. The molecule has 2 saturated carbocycles. The van der Waals surface area contributed by atoms with Gasteiger partial charge in [0, 0.05) is 29.6 Å². The van der Waals surface area contributed by atoms with E-state index in [2.05, 4.69) is 15.2 Å². The summed E-state index contributed by atoms with van der Waals surface area (Å²) in [7, 11) is 0. The second kappa shape index (κ2) is 3.23. The van der Waals surface area contributed by atoms with E-state index in [1.54, 1.807) is 23.7 Å². The fourth-order valence-electron chi connectivity index (χ4n) is 3.53. The van der Waals surface area contributed by atoms with Gasteiger partial charge in [-0.15, -0.1) is 10.2 Å². The molecule has 0 aliphatic heterocycles. The summed E-state index contributed by atoms with van der Waals surface area (Å²) in [4.78, 5) is 3.93. The van der Waals surface area contributed by atoms with Crippen LogP contribution in [0.1, 0.15) is 31.5 Å². The lowest BCUT2D eigenvalue weighted by Crippen LogP contribution is -2.14. The van der Waals surface area contributed by atoms with E-state index in [-0.39, 0.29) is 11.1 Å². The van der Waals surface area contributed by atoms with Gasteiger partial charge in [-0.2, -0.15) is 0 Å². The number of rotatable bonds is 1. The zero-order valence-corrected chi connectivity index (χ0v) is 10.9. The van der Waals surface area contributed by atoms with Crippen LogP contribution >= 0.6 is 11.6 Å². The number of halogens is 3. The Bertz CT molecular complexity index is 685. The molecule has 0 unspecified atom stereocenters. The minimum absolute atomic E-state index is 0.0168. The molecule has 100 valence electrons. The van der Waals surface area contributed by atoms with Crippen molar-refractivity contribution in [1.29, 1.82) is 0 Å². The van der Waals surface area contributed by atoms with Crippen molar-refractivity contribution in [3.63, 3.8) is 0 Å². The van der Waals surface area contributed by atoms with Crippen LogP contribution < -0.4 is 0 Å². The van der Waals surface area contributed by atoms with Crippen molar-refractivity contribution in [2.45, 2.75) is 31.6 Å². The maximum absolute atomic E-state index is 13.5. The molecule has 0 spiro atoms. The van der Waals surface area contributed by atoms with Crippen molar-refractivity contribution in [3.05, 3.63) is 23.4 Å². The van der Waals surface area contributed by atoms with E-state index in [0.717, 1.165) is 0 Å². The van der Waals surface area contributed by atoms with Gasteiger partial charge >= 0.3 is 0 Å². The van der Waals surface area contributed by atoms with Gasteiger partial charge < -0.3 is 0 Å². The highest BCUT2D eigenvalue weighted by molar-refractivity contribution is 6.32. The quantitative estimate of drug-likeness (QED) is 0.809. The maximum Gasteiger partial charge on any atom is 0.257 e. The van der Waals surface area contributed by atoms with Crippen molar-refractivity contribution < 1.29 is 8.78 Å². The normalized spacial score (nSPS) is 35.6. The van der Waals surface area contributed by atoms with Crippen LogP contribution in [0.15, 0.2) is 12.4 Å². The summed E-state index contributed by atoms with van der Waals surface area (Å²) in [5, 5.41) is 8.39. The third-order valence-electron chi connectivity index (χ3n) is 4.75. The van der Waals surface area contributed by atoms with Gasteiger partial charge in [0.1, 0.15) is 5.82 Å². The molecule has 2 aliphatic rings. The molecule has 2 fully saturated rings. The molecule has 2 heterocycles. The van der Waals surface area contributed by atoms with Crippen molar-refractivity contribution in [2.24, 2.45) is 11.3 Å². The van der Waals surface area contributed by atoms with Crippen LogP contribution in [0.25, 0.3) is 5.65 Å². The van der Waals surface area contributed by atoms with Crippen LogP contribution in [-0.2, 0) is 0 Å². The van der Waals surface area contributed by atoms with Crippen molar-refractivity contribution in [3.8, 4) is 0 Å². The Morgan fingerprint density at radius 2 is 2.21 bits per heavy atom. The van der Waals surface area contributed by atoms with Gasteiger partial charge in [-0.05, 0) is 12.8 Å². The van der Waals surface area contributed by atoms with Gasteiger partial charge in [0.15, 0.2) is 10.8 Å². The molecule has 19 heavy (non-hydrogen) atoms. The van der Waals surface area contributed by atoms with Crippen LogP contribution in [0.4, 0.5) is 8.78 Å². The van der Waals surface area contributed by atoms with E-state index in [9.17, 15) is 8.78 Å². The highest BCUT2D eigenvalue weighted by Crippen LogP contribution is 2.76. The van der Waals surface area contributed by atoms with Crippen molar-refractivity contribution in [1.82, 2.24) is 19.6 Å². The molecule has 4 nitrogen and oxygen atoms in total. The van der Waals surface area contributed by atoms with E-state index < -0.39 is 17.3 Å². The van der Waals surface area contributed by atoms with E-state index in [1.807, 2.05) is 0 Å². The highest BCUT2D eigenvalue weighted by Gasteiger charge is 2.80. The summed E-state index contributed by atoms with van der Waals surface area (Å²) in [6.45, 7) is 1.66. The predicted octanol–water partition coefficient (Wildman–Crippen LogP) is 2.93. The predicted molar refractivity (Wildman–Crippen MR) is 64.3 cm³/mol. The van der Waals surface area contributed by atoms with Gasteiger partial charge in [-0.1, -0.05) is 18.5 Å². The molecule has 0 aromatic carbocycles. The molecular formula is C12H11ClF2N4. The summed E-state index contributed by atoms with van der Waals surface area (Å²) in [6, 6.07) is 0. The Morgan fingerprint density at radius 1 is 1.42 bits per heavy atom. The summed E-state index contributed by atoms with van der Waals surface area (Å²) in [5.41, 5.74) is -0.378. The second-order valence-corrected chi connectivity index (χ2v) is 6.06. The molecule has 0 saturated heterocycles. The molecule has 2 aromatic heterocycles. The first kappa shape index (κ1) is 11.5. The number of fused-ring (bicyclic) bond motifs is 2. The summed E-state index contributed by atoms with van der Waals surface area (Å²) in [5.74, 6) is -2.30. The standard InChI is InChI=1S/C12H11ClF2N4/c1-11-5-6(4-7(11)12(11,14)15)9-17-18-10-8(13)16-2-3-19(9)10/h2-3,6-7H,4-5H2,1H3/t6-,7-,11+/m1/s1. The zero-order valence-electron chi connectivity index (χ0n) is 10.1. The lowest BCUT2D eigenvalue weighted by molar-refractivity contribution is 0.0457. The first-order valence-electron chi connectivity index (χ1n) is 6.18. The molecule has 2 aromatic rings. The van der Waals surface area contributed by atoms with E-state index in [1.165, 1.54) is 0 Å². The molecule has 0 bridgehead atoms. The first-order chi connectivity index (χ1) is 8.95.